The van der Waals surface area contributed by atoms with Crippen LogP contribution in [0, 0.1) is 11.8 Å². The maximum absolute atomic E-state index is 5.81. The minimum absolute atomic E-state index is 0.623. The van der Waals surface area contributed by atoms with Crippen molar-refractivity contribution < 1.29 is 0 Å². The lowest BCUT2D eigenvalue weighted by Gasteiger charge is -2.33. The molecule has 0 aromatic carbocycles. The van der Waals surface area contributed by atoms with Crippen molar-refractivity contribution in [3.05, 3.63) is 0 Å². The standard InChI is InChI=1S/C11H24N2/c1-8(2)10(4)13-6-5-9(3)11(13)7-12/h8-11H,5-7,12H2,1-4H3. The van der Waals surface area contributed by atoms with Crippen molar-refractivity contribution in [2.24, 2.45) is 17.6 Å². The van der Waals surface area contributed by atoms with Crippen LogP contribution in [0.3, 0.4) is 0 Å². The zero-order valence-electron chi connectivity index (χ0n) is 9.46. The monoisotopic (exact) mass is 184 g/mol. The highest BCUT2D eigenvalue weighted by molar-refractivity contribution is 4.88. The first-order chi connectivity index (χ1) is 6.07. The minimum atomic E-state index is 0.623. The van der Waals surface area contributed by atoms with Gasteiger partial charge in [0.05, 0.1) is 0 Å². The van der Waals surface area contributed by atoms with Crippen LogP contribution in [0.2, 0.25) is 0 Å². The second-order valence-corrected chi connectivity index (χ2v) is 4.79. The molecule has 78 valence electrons. The number of hydrogen-bond donors (Lipinski definition) is 1. The summed E-state index contributed by atoms with van der Waals surface area (Å²) in [4.78, 5) is 2.59. The van der Waals surface area contributed by atoms with Crippen molar-refractivity contribution in [2.45, 2.75) is 46.2 Å². The van der Waals surface area contributed by atoms with Gasteiger partial charge >= 0.3 is 0 Å². The molecule has 2 nitrogen and oxygen atoms in total. The van der Waals surface area contributed by atoms with Crippen LogP contribution >= 0.6 is 0 Å². The number of nitrogens with two attached hydrogens (primary N) is 1. The zero-order chi connectivity index (χ0) is 10.0. The number of hydrogen-bond acceptors (Lipinski definition) is 2. The van der Waals surface area contributed by atoms with Crippen LogP contribution in [0.5, 0.6) is 0 Å². The number of likely N-dealkylation sites (tertiary alicyclic amines) is 1. The highest BCUT2D eigenvalue weighted by Gasteiger charge is 2.33. The molecule has 0 saturated carbocycles. The van der Waals surface area contributed by atoms with E-state index in [1.807, 2.05) is 0 Å². The number of rotatable bonds is 3. The van der Waals surface area contributed by atoms with Crippen molar-refractivity contribution in [1.82, 2.24) is 4.90 Å². The van der Waals surface area contributed by atoms with Crippen molar-refractivity contribution in [3.8, 4) is 0 Å². The summed E-state index contributed by atoms with van der Waals surface area (Å²) in [5.74, 6) is 1.52. The first kappa shape index (κ1) is 11.0. The molecular weight excluding hydrogens is 160 g/mol. The first-order valence-electron chi connectivity index (χ1n) is 5.53. The number of nitrogens with zero attached hydrogens (tertiary/aromatic N) is 1. The summed E-state index contributed by atoms with van der Waals surface area (Å²) in [6.45, 7) is 11.3. The van der Waals surface area contributed by atoms with E-state index in [1.165, 1.54) is 13.0 Å². The Morgan fingerprint density at radius 2 is 2.00 bits per heavy atom. The molecule has 1 aliphatic heterocycles. The van der Waals surface area contributed by atoms with Gasteiger partial charge < -0.3 is 5.73 Å². The Bertz CT molecular complexity index is 156. The lowest BCUT2D eigenvalue weighted by atomic mass is 10.00. The first-order valence-corrected chi connectivity index (χ1v) is 5.53. The largest absolute Gasteiger partial charge is 0.329 e. The quantitative estimate of drug-likeness (QED) is 0.723. The van der Waals surface area contributed by atoms with Gasteiger partial charge in [-0.15, -0.1) is 0 Å². The molecule has 0 bridgehead atoms. The highest BCUT2D eigenvalue weighted by Crippen LogP contribution is 2.27. The summed E-state index contributed by atoms with van der Waals surface area (Å²) in [5.41, 5.74) is 5.81. The molecule has 1 rings (SSSR count). The molecule has 3 unspecified atom stereocenters. The molecule has 2 heteroatoms. The maximum Gasteiger partial charge on any atom is 0.0247 e. The Labute approximate surface area is 82.5 Å². The minimum Gasteiger partial charge on any atom is -0.329 e. The third kappa shape index (κ3) is 2.23. The Kier molecular flexibility index (Phi) is 3.74. The molecule has 0 aliphatic carbocycles. The summed E-state index contributed by atoms with van der Waals surface area (Å²) in [6.07, 6.45) is 1.32. The van der Waals surface area contributed by atoms with Crippen LogP contribution in [-0.4, -0.2) is 30.1 Å². The van der Waals surface area contributed by atoms with E-state index in [2.05, 4.69) is 32.6 Å². The van der Waals surface area contributed by atoms with Crippen molar-refractivity contribution in [2.75, 3.05) is 13.1 Å². The third-order valence-corrected chi connectivity index (χ3v) is 3.65. The Morgan fingerprint density at radius 1 is 1.38 bits per heavy atom. The predicted molar refractivity (Wildman–Crippen MR) is 57.6 cm³/mol. The molecule has 0 radical (unpaired) electrons. The molecule has 0 aromatic rings. The Hall–Kier alpha value is -0.0800. The Morgan fingerprint density at radius 3 is 2.46 bits per heavy atom. The summed E-state index contributed by atoms with van der Waals surface area (Å²) in [6, 6.07) is 1.30. The lowest BCUT2D eigenvalue weighted by molar-refractivity contribution is 0.144. The van der Waals surface area contributed by atoms with Gasteiger partial charge in [0.25, 0.3) is 0 Å². The van der Waals surface area contributed by atoms with Gasteiger partial charge in [-0.2, -0.15) is 0 Å². The van der Waals surface area contributed by atoms with Crippen LogP contribution in [0.4, 0.5) is 0 Å². The van der Waals surface area contributed by atoms with Crippen LogP contribution in [0.1, 0.15) is 34.1 Å². The van der Waals surface area contributed by atoms with E-state index >= 15 is 0 Å². The third-order valence-electron chi connectivity index (χ3n) is 3.65. The van der Waals surface area contributed by atoms with E-state index in [0.29, 0.717) is 12.1 Å². The molecule has 3 atom stereocenters. The zero-order valence-corrected chi connectivity index (χ0v) is 9.46. The SMILES string of the molecule is CC(C)C(C)N1CCC(C)C1CN. The fraction of sp³-hybridized carbons (Fsp3) is 1.00. The molecule has 2 N–H and O–H groups in total. The smallest absolute Gasteiger partial charge is 0.0247 e. The van der Waals surface area contributed by atoms with Crippen LogP contribution in [0.25, 0.3) is 0 Å². The normalized spacial score (nSPS) is 32.8. The van der Waals surface area contributed by atoms with E-state index in [-0.39, 0.29) is 0 Å². The second kappa shape index (κ2) is 4.43. The lowest BCUT2D eigenvalue weighted by Crippen LogP contribution is -2.45. The van der Waals surface area contributed by atoms with Gasteiger partial charge in [0, 0.05) is 18.6 Å². The fourth-order valence-electron chi connectivity index (χ4n) is 2.29. The molecule has 1 aliphatic rings. The van der Waals surface area contributed by atoms with E-state index < -0.39 is 0 Å². The van der Waals surface area contributed by atoms with Crippen molar-refractivity contribution in [3.63, 3.8) is 0 Å². The fourth-order valence-corrected chi connectivity index (χ4v) is 2.29. The summed E-state index contributed by atoms with van der Waals surface area (Å²) >= 11 is 0. The second-order valence-electron chi connectivity index (χ2n) is 4.79. The summed E-state index contributed by atoms with van der Waals surface area (Å²) < 4.78 is 0. The van der Waals surface area contributed by atoms with Gasteiger partial charge in [-0.05, 0) is 31.7 Å². The van der Waals surface area contributed by atoms with Crippen molar-refractivity contribution >= 4 is 0 Å². The van der Waals surface area contributed by atoms with Crippen molar-refractivity contribution in [1.29, 1.82) is 0 Å². The molecule has 0 amide bonds. The molecule has 0 spiro atoms. The molecule has 13 heavy (non-hydrogen) atoms. The van der Waals surface area contributed by atoms with E-state index in [0.717, 1.165) is 18.4 Å². The topological polar surface area (TPSA) is 29.3 Å². The molecule has 1 fully saturated rings. The molecular formula is C11H24N2. The summed E-state index contributed by atoms with van der Waals surface area (Å²) in [5, 5.41) is 0. The maximum atomic E-state index is 5.81. The molecule has 1 heterocycles. The van der Waals surface area contributed by atoms with E-state index in [1.54, 1.807) is 0 Å². The van der Waals surface area contributed by atoms with Gasteiger partial charge in [-0.3, -0.25) is 4.90 Å². The predicted octanol–water partition coefficient (Wildman–Crippen LogP) is 1.70. The van der Waals surface area contributed by atoms with Gasteiger partial charge in [-0.1, -0.05) is 20.8 Å². The van der Waals surface area contributed by atoms with Gasteiger partial charge in [0.2, 0.25) is 0 Å². The average molecular weight is 184 g/mol. The van der Waals surface area contributed by atoms with Gasteiger partial charge in [0.1, 0.15) is 0 Å². The van der Waals surface area contributed by atoms with Gasteiger partial charge in [0.15, 0.2) is 0 Å². The van der Waals surface area contributed by atoms with Crippen LogP contribution in [-0.2, 0) is 0 Å². The summed E-state index contributed by atoms with van der Waals surface area (Å²) in [7, 11) is 0. The molecule has 1 saturated heterocycles. The van der Waals surface area contributed by atoms with E-state index in [4.69, 9.17) is 5.73 Å². The average Bonchev–Trinajstić information content (AvgIpc) is 2.45. The van der Waals surface area contributed by atoms with E-state index in [9.17, 15) is 0 Å². The highest BCUT2D eigenvalue weighted by atomic mass is 15.2. The van der Waals surface area contributed by atoms with Crippen LogP contribution in [0.15, 0.2) is 0 Å². The van der Waals surface area contributed by atoms with Gasteiger partial charge in [-0.25, -0.2) is 0 Å². The molecule has 0 aromatic heterocycles. The Balaban J connectivity index is 2.59. The van der Waals surface area contributed by atoms with Crippen LogP contribution < -0.4 is 5.73 Å².